The van der Waals surface area contributed by atoms with Crippen LogP contribution in [0.2, 0.25) is 5.02 Å². The minimum Gasteiger partial charge on any atom is -0.480 e. The molecule has 1 aliphatic rings. The third kappa shape index (κ3) is 4.41. The molecule has 2 N–H and O–H groups in total. The van der Waals surface area contributed by atoms with Crippen molar-refractivity contribution in [2.75, 3.05) is 12.5 Å². The molecule has 0 saturated heterocycles. The molecule has 3 aromatic carbocycles. The number of hydrogen-bond donors (Lipinski definition) is 1. The second-order valence-corrected chi connectivity index (χ2v) is 12.9. The molecular formula is C23H20ClF2N2O7S2+. The Balaban J connectivity index is 2.10. The number of alkyl halides is 2. The number of rotatable bonds is 6. The first-order valence-electron chi connectivity index (χ1n) is 10.4. The number of fused-ring (bicyclic) bond motifs is 3. The Bertz CT molecular complexity index is 1600. The molecule has 0 fully saturated rings. The Labute approximate surface area is 216 Å². The number of halogens is 3. The molecule has 0 saturated carbocycles. The van der Waals surface area contributed by atoms with E-state index in [9.17, 15) is 30.4 Å². The average molecular weight is 574 g/mol. The third-order valence-corrected chi connectivity index (χ3v) is 10.3. The van der Waals surface area contributed by atoms with Crippen molar-refractivity contribution in [2.45, 2.75) is 12.7 Å². The summed E-state index contributed by atoms with van der Waals surface area (Å²) in [5.74, 6) is -0.0572. The van der Waals surface area contributed by atoms with Crippen molar-refractivity contribution in [1.82, 2.24) is 3.29 Å². The second kappa shape index (κ2) is 9.24. The molecule has 0 aromatic heterocycles. The van der Waals surface area contributed by atoms with Crippen LogP contribution >= 0.6 is 11.6 Å². The fourth-order valence-electron chi connectivity index (χ4n) is 4.44. The van der Waals surface area contributed by atoms with E-state index in [1.807, 2.05) is 0 Å². The number of nitrogens with zero attached hydrogens (tertiary/aromatic N) is 1. The van der Waals surface area contributed by atoms with Crippen LogP contribution < -0.4 is 18.5 Å². The summed E-state index contributed by atoms with van der Waals surface area (Å²) in [6.45, 7) is -3.16. The van der Waals surface area contributed by atoms with E-state index in [1.165, 1.54) is 24.3 Å². The fraction of sp³-hybridized carbons (Fsp3) is 0.174. The zero-order chi connectivity index (χ0) is 27.3. The van der Waals surface area contributed by atoms with Crippen LogP contribution in [0.25, 0.3) is 11.1 Å². The Morgan fingerprint density at radius 2 is 1.68 bits per heavy atom. The summed E-state index contributed by atoms with van der Waals surface area (Å²) >= 11 is 6.16. The highest BCUT2D eigenvalue weighted by molar-refractivity contribution is 8.07. The van der Waals surface area contributed by atoms with E-state index < -0.39 is 47.8 Å². The summed E-state index contributed by atoms with van der Waals surface area (Å²) < 4.78 is 86.2. The van der Waals surface area contributed by atoms with Gasteiger partial charge in [0.15, 0.2) is 5.69 Å². The van der Waals surface area contributed by atoms with Gasteiger partial charge in [0, 0.05) is 22.7 Å². The molecule has 3 aromatic rings. The number of carbonyl (C=O) groups is 1. The Morgan fingerprint density at radius 3 is 2.24 bits per heavy atom. The van der Waals surface area contributed by atoms with Crippen molar-refractivity contribution in [2.24, 2.45) is 5.73 Å². The standard InChI is InChI=1S/C23H19ClF2N2O7S2/c1-36(30,31)28(23(27)29,37(2,32)33)15-9-10-16-17(12-15)21(13-5-3-6-14(24)11-13)34-18-7-4-8-19(20(16)18)35-22(25)26/h3-12,21-22H,1-2H3,(H-,27,29)/p+1. The lowest BCUT2D eigenvalue weighted by atomic mass is 9.88. The van der Waals surface area contributed by atoms with E-state index in [2.05, 4.69) is 4.74 Å². The van der Waals surface area contributed by atoms with E-state index in [4.69, 9.17) is 22.1 Å². The fourth-order valence-corrected chi connectivity index (χ4v) is 8.25. The highest BCUT2D eigenvalue weighted by Gasteiger charge is 2.57. The molecule has 1 unspecified atom stereocenters. The SMILES string of the molecule is CS(=O)(=O)[N+](C(N)=O)(c1ccc2c(c1)C(c1cccc(Cl)c1)Oc1cccc(OC(F)F)c1-2)S(C)(=O)=O. The van der Waals surface area contributed by atoms with Crippen molar-refractivity contribution in [3.05, 3.63) is 76.8 Å². The molecule has 0 bridgehead atoms. The van der Waals surface area contributed by atoms with Gasteiger partial charge >= 0.3 is 32.7 Å². The van der Waals surface area contributed by atoms with Crippen molar-refractivity contribution >= 4 is 43.4 Å². The van der Waals surface area contributed by atoms with E-state index >= 15 is 0 Å². The quantitative estimate of drug-likeness (QED) is 0.433. The molecule has 196 valence electrons. The summed E-state index contributed by atoms with van der Waals surface area (Å²) in [6.07, 6.45) is 0.122. The smallest absolute Gasteiger partial charge is 0.450 e. The van der Waals surface area contributed by atoms with Gasteiger partial charge in [-0.3, -0.25) is 0 Å². The van der Waals surface area contributed by atoms with Gasteiger partial charge in [0.05, 0.1) is 18.1 Å². The molecule has 2 amide bonds. The van der Waals surface area contributed by atoms with Gasteiger partial charge in [0.2, 0.25) is 0 Å². The first-order chi connectivity index (χ1) is 17.2. The summed E-state index contributed by atoms with van der Waals surface area (Å²) in [4.78, 5) is 12.5. The highest BCUT2D eigenvalue weighted by Crippen LogP contribution is 2.51. The number of sulfonamides is 2. The van der Waals surface area contributed by atoms with Gasteiger partial charge in [0.25, 0.3) is 0 Å². The first kappa shape index (κ1) is 26.8. The largest absolute Gasteiger partial charge is 0.480 e. The van der Waals surface area contributed by atoms with Gasteiger partial charge in [-0.25, -0.2) is 4.79 Å². The minimum atomic E-state index is -4.75. The number of primary amides is 1. The van der Waals surface area contributed by atoms with Gasteiger partial charge in [-0.2, -0.15) is 25.6 Å². The maximum Gasteiger partial charge on any atom is 0.450 e. The predicted molar refractivity (Wildman–Crippen MR) is 133 cm³/mol. The molecule has 37 heavy (non-hydrogen) atoms. The molecule has 1 heterocycles. The monoisotopic (exact) mass is 573 g/mol. The average Bonchev–Trinajstić information content (AvgIpc) is 2.76. The molecule has 1 aliphatic heterocycles. The number of nitrogens with two attached hydrogens (primary N) is 1. The Hall–Kier alpha value is -3.26. The Morgan fingerprint density at radius 1 is 1.03 bits per heavy atom. The van der Waals surface area contributed by atoms with Crippen LogP contribution in [0.3, 0.4) is 0 Å². The number of quaternary nitrogens is 1. The van der Waals surface area contributed by atoms with Crippen LogP contribution in [0.4, 0.5) is 19.3 Å². The minimum absolute atomic E-state index is 0.124. The number of benzene rings is 3. The Kier molecular flexibility index (Phi) is 6.69. The molecule has 0 aliphatic carbocycles. The van der Waals surface area contributed by atoms with Crippen molar-refractivity contribution in [1.29, 1.82) is 0 Å². The number of ether oxygens (including phenoxy) is 2. The first-order valence-corrected chi connectivity index (χ1v) is 14.5. The van der Waals surface area contributed by atoms with Crippen molar-refractivity contribution in [3.8, 4) is 22.6 Å². The van der Waals surface area contributed by atoms with Crippen LogP contribution in [-0.4, -0.2) is 42.0 Å². The predicted octanol–water partition coefficient (Wildman–Crippen LogP) is 4.40. The molecule has 4 rings (SSSR count). The van der Waals surface area contributed by atoms with Gasteiger partial charge in [-0.15, -0.1) is 0 Å². The molecule has 0 radical (unpaired) electrons. The summed E-state index contributed by atoms with van der Waals surface area (Å²) in [5, 5.41) is 0.342. The molecular weight excluding hydrogens is 554 g/mol. The zero-order valence-corrected chi connectivity index (χ0v) is 21.6. The van der Waals surface area contributed by atoms with Gasteiger partial charge < -0.3 is 15.2 Å². The number of amides is 2. The normalized spacial score (nSPS) is 15.5. The lowest BCUT2D eigenvalue weighted by Gasteiger charge is -2.32. The zero-order valence-electron chi connectivity index (χ0n) is 19.3. The molecule has 0 spiro atoms. The summed E-state index contributed by atoms with van der Waals surface area (Å²) in [7, 11) is -9.49. The summed E-state index contributed by atoms with van der Waals surface area (Å²) in [6, 6.07) is 12.6. The van der Waals surface area contributed by atoms with Crippen LogP contribution in [0, 0.1) is 0 Å². The van der Waals surface area contributed by atoms with Gasteiger partial charge in [-0.1, -0.05) is 29.8 Å². The lowest BCUT2D eigenvalue weighted by molar-refractivity contribution is -0.0496. The number of carbonyl (C=O) groups excluding carboxylic acids is 1. The maximum absolute atomic E-state index is 13.2. The molecule has 9 nitrogen and oxygen atoms in total. The molecule has 1 atom stereocenters. The van der Waals surface area contributed by atoms with Gasteiger partial charge in [0.1, 0.15) is 17.6 Å². The highest BCUT2D eigenvalue weighted by atomic mass is 35.5. The van der Waals surface area contributed by atoms with Gasteiger partial charge in [-0.05, 0) is 44.8 Å². The molecule has 14 heteroatoms. The third-order valence-electron chi connectivity index (χ3n) is 5.75. The number of hydrogen-bond acceptors (Lipinski definition) is 7. The van der Waals surface area contributed by atoms with Crippen LogP contribution in [0.5, 0.6) is 11.5 Å². The van der Waals surface area contributed by atoms with E-state index in [-0.39, 0.29) is 28.2 Å². The topological polar surface area (TPSA) is 130 Å². The van der Waals surface area contributed by atoms with Crippen molar-refractivity contribution < 1.29 is 39.9 Å². The maximum atomic E-state index is 13.2. The summed E-state index contributed by atoms with van der Waals surface area (Å²) in [5.41, 5.74) is 5.92. The van der Waals surface area contributed by atoms with E-state index in [0.717, 1.165) is 12.1 Å². The second-order valence-electron chi connectivity index (χ2n) is 8.19. The number of urea groups is 1. The lowest BCUT2D eigenvalue weighted by Crippen LogP contribution is -2.63. The van der Waals surface area contributed by atoms with Crippen LogP contribution in [-0.2, 0) is 20.0 Å². The van der Waals surface area contributed by atoms with E-state index in [1.54, 1.807) is 24.3 Å². The van der Waals surface area contributed by atoms with Crippen LogP contribution in [0.15, 0.2) is 60.7 Å². The van der Waals surface area contributed by atoms with E-state index in [0.29, 0.717) is 23.1 Å². The van der Waals surface area contributed by atoms with Crippen molar-refractivity contribution in [3.63, 3.8) is 0 Å². The van der Waals surface area contributed by atoms with Crippen LogP contribution in [0.1, 0.15) is 17.2 Å².